The summed E-state index contributed by atoms with van der Waals surface area (Å²) in [6.07, 6.45) is 48.0. The first-order valence-corrected chi connectivity index (χ1v) is 53.0. The van der Waals surface area contributed by atoms with Crippen molar-refractivity contribution < 1.29 is 45.1 Å². The van der Waals surface area contributed by atoms with Crippen LogP contribution in [0.4, 0.5) is 0 Å². The third-order valence-electron chi connectivity index (χ3n) is 31.2. The van der Waals surface area contributed by atoms with Crippen LogP contribution >= 0.6 is 79.4 Å². The molecule has 0 N–H and O–H groups in total. The number of hydrogen-bond acceptors (Lipinski definition) is 11. The second-order valence-electron chi connectivity index (χ2n) is 37.7. The Morgan fingerprint density at radius 2 is 0.899 bits per heavy atom. The Bertz CT molecular complexity index is 9980. The molecule has 35 heterocycles. The Kier molecular flexibility index (Phi) is 14.2. The minimum Gasteiger partial charge on any atom is -0.464 e. The van der Waals surface area contributed by atoms with E-state index < -0.39 is 17.7 Å². The fraction of sp³-hybridized carbons (Fsp3) is 0.0690. The highest BCUT2D eigenvalue weighted by molar-refractivity contribution is 7.14. The van der Waals surface area contributed by atoms with E-state index in [-0.39, 0.29) is 0 Å². The number of thiophene rings is 7. The molecule has 3 spiro atoms. The number of nitrogens with zero attached hydrogens (tertiary/aromatic N) is 12. The van der Waals surface area contributed by atoms with Gasteiger partial charge in [0.1, 0.15) is 23.0 Å². The van der Waals surface area contributed by atoms with Crippen LogP contribution in [0.2, 0.25) is 0 Å². The average molecular weight is 1920 g/mol. The molecule has 0 radical (unpaired) electrons. The molecule has 0 saturated heterocycles. The molecule has 19 aliphatic rings. The summed E-state index contributed by atoms with van der Waals surface area (Å²) in [4.78, 5) is 5.25. The maximum absolute atomic E-state index is 6.03. The van der Waals surface area contributed by atoms with Gasteiger partial charge in [0.05, 0.1) is 125 Å². The summed E-state index contributed by atoms with van der Waals surface area (Å²) in [6.45, 7) is 9.41. The van der Waals surface area contributed by atoms with Gasteiger partial charge in [-0.25, -0.2) is 0 Å². The Morgan fingerprint density at radius 1 is 0.353 bits per heavy atom. The van der Waals surface area contributed by atoms with E-state index in [0.717, 1.165) is 96.6 Å². The highest BCUT2D eigenvalue weighted by Gasteiger charge is 2.77. The summed E-state index contributed by atoms with van der Waals surface area (Å²) >= 11 is 12.6. The van der Waals surface area contributed by atoms with Crippen molar-refractivity contribution in [1.29, 1.82) is 0 Å². The predicted molar refractivity (Wildman–Crippen MR) is 559 cm³/mol. The molecule has 23 heteroatoms. The fourth-order valence-corrected chi connectivity index (χ4v) is 31.1. The molecular formula is C116H70N12O4S7+6. The van der Waals surface area contributed by atoms with Crippen molar-refractivity contribution in [2.75, 3.05) is 0 Å². The first kappa shape index (κ1) is 75.5. The van der Waals surface area contributed by atoms with Crippen molar-refractivity contribution in [3.8, 4) is 54.7 Å². The summed E-state index contributed by atoms with van der Waals surface area (Å²) in [5, 5.41) is 29.5. The molecule has 16 nitrogen and oxygen atoms in total. The van der Waals surface area contributed by atoms with E-state index in [4.69, 9.17) is 17.7 Å². The second kappa shape index (κ2) is 26.2. The highest BCUT2D eigenvalue weighted by Crippen LogP contribution is 2.60. The first-order valence-electron chi connectivity index (χ1n) is 46.6. The third kappa shape index (κ3) is 8.97. The van der Waals surface area contributed by atoms with E-state index in [1.165, 1.54) is 198 Å². The summed E-state index contributed by atoms with van der Waals surface area (Å²) in [6, 6.07) is 54.9. The smallest absolute Gasteiger partial charge is 0.464 e. The normalized spacial score (nSPS) is 21.3. The Hall–Kier alpha value is -15.7. The molecule has 17 aromatic heterocycles. The predicted octanol–water partition coefficient (Wildman–Crippen LogP) is 21.5. The summed E-state index contributed by atoms with van der Waals surface area (Å²) in [7, 11) is 0. The van der Waals surface area contributed by atoms with Crippen molar-refractivity contribution in [2.24, 2.45) is 0 Å². The lowest BCUT2D eigenvalue weighted by Crippen LogP contribution is -2.71. The highest BCUT2D eigenvalue weighted by atomic mass is 32.1. The lowest BCUT2D eigenvalue weighted by Gasteiger charge is -2.40. The van der Waals surface area contributed by atoms with Crippen LogP contribution in [0.25, 0.3) is 165 Å². The van der Waals surface area contributed by atoms with Gasteiger partial charge in [-0.1, -0.05) is 69.9 Å². The minimum atomic E-state index is -0.872. The summed E-state index contributed by atoms with van der Waals surface area (Å²) < 4.78 is 55.3. The van der Waals surface area contributed by atoms with Gasteiger partial charge in [-0.3, -0.25) is 0 Å². The van der Waals surface area contributed by atoms with Gasteiger partial charge in [-0.05, 0) is 238 Å². The largest absolute Gasteiger partial charge is 0.553 e. The SMILES string of the molecule is C1=C(c2ccco2)C2=Cc3cc(-c4ccco4)c4n3C35n6c(cc(-c7ccco7)c6=CC1=[N+]23)=CC1=[N+]5C(=C4)C=C1c1ccco1.C1=CC(c2cc3n4c2=CC2=[N+]5C(=Cc6cc(-c7ccsc7)c7n6C45[N+]4=C(C=3)C(c3ccsc3)=CC4=C7)C(c3ccsc3)=C2)=CC1.CC1=C2C(c3cccs3)=CC3=[N+]2C24n5c1cc(-c1cccs1)c5C(C)=C1C=C(c5cccs5)C(=[N+]12)C(C)=c1cc(-c2cccs2)c(n14)=C3C. The van der Waals surface area contributed by atoms with Crippen molar-refractivity contribution in [2.45, 2.75) is 51.8 Å². The van der Waals surface area contributed by atoms with E-state index in [1.54, 1.807) is 59.1 Å². The molecule has 139 heavy (non-hydrogen) atoms. The Labute approximate surface area is 819 Å². The van der Waals surface area contributed by atoms with Crippen LogP contribution in [-0.2, 0) is 17.7 Å². The van der Waals surface area contributed by atoms with Gasteiger partial charge in [0.2, 0.25) is 68.5 Å². The molecule has 3 atom stereocenters. The molecule has 0 bridgehead atoms. The van der Waals surface area contributed by atoms with Crippen LogP contribution in [0, 0.1) is 0 Å². The van der Waals surface area contributed by atoms with Gasteiger partial charge in [0.15, 0.2) is 0 Å². The maximum atomic E-state index is 6.03. The zero-order valence-corrected chi connectivity index (χ0v) is 80.1. The molecule has 0 amide bonds. The molecule has 3 unspecified atom stereocenters. The Balaban J connectivity index is 0.0000000913. The van der Waals surface area contributed by atoms with Crippen LogP contribution < -0.4 is 32.1 Å². The lowest BCUT2D eigenvalue weighted by atomic mass is 9.98. The molecule has 0 aromatic carbocycles. The van der Waals surface area contributed by atoms with Crippen LogP contribution in [0.5, 0.6) is 0 Å². The minimum absolute atomic E-state index is 0.685. The van der Waals surface area contributed by atoms with E-state index in [9.17, 15) is 0 Å². The summed E-state index contributed by atoms with van der Waals surface area (Å²) in [5.74, 6) is 1.01. The molecular weight excluding hydrogens is 1850 g/mol. The zero-order valence-electron chi connectivity index (χ0n) is 74.4. The molecule has 18 aliphatic heterocycles. The zero-order chi connectivity index (χ0) is 90.5. The number of hydrogen-bond donors (Lipinski definition) is 0. The number of furan rings is 4. The standard InChI is InChI=1S/C41H28N4S4.C38H22N4S3.C37H20N4O4/c1-21-29-17-26(34-10-6-14-47-34)38-23(3)31-19-28(36-12-8-16-49-36)40-24(4)32-20-27(35-11-7-15-48-35)39-22(2)30-18-25(33-9-5-13-46-33)37(21)43(30)41(42(29)38,44(31)40)45(32)39;1-2-4-22(3-1)30-11-26-16-35-32(24-6-9-44-20-24)13-28-18-37-33(25-7-10-45-21-25)14-29-17-36-31(23-5-8-43-19-23)12-27-15-34(30)39(26)38(40(27)36,41(28)35)42(29)37;1-5-33(42-9-1)25-13-21-18-30-27(35-7-3-11-44-35)15-23-20-32-28(36-8-4-12-45-36)16-24-19-31-26(34-6-2-10-43-34)14-22-17-29(25)38(21)37(39(22)31,40(23)30)41(24)32/h5-20H,1-4H3;1,3-21H,2H2;1-20H/q3*+2. The van der Waals surface area contributed by atoms with Crippen molar-refractivity contribution in [3.05, 3.63) is 424 Å². The van der Waals surface area contributed by atoms with Gasteiger partial charge < -0.3 is 17.7 Å². The van der Waals surface area contributed by atoms with Crippen LogP contribution in [0.15, 0.2) is 337 Å². The quantitative estimate of drug-likeness (QED) is 0.114. The number of allylic oxidation sites excluding steroid dienone is 18. The molecule has 0 fully saturated rings. The van der Waals surface area contributed by atoms with Crippen LogP contribution in [0.3, 0.4) is 0 Å². The van der Waals surface area contributed by atoms with E-state index >= 15 is 0 Å². The van der Waals surface area contributed by atoms with E-state index in [0.29, 0.717) is 0 Å². The van der Waals surface area contributed by atoms with Gasteiger partial charge in [-0.2, -0.15) is 61.4 Å². The second-order valence-corrected chi connectivity index (χ2v) is 43.9. The average Bonchev–Trinajstić information content (AvgIpc) is 1.46. The van der Waals surface area contributed by atoms with Crippen molar-refractivity contribution in [1.82, 2.24) is 27.4 Å². The van der Waals surface area contributed by atoms with Crippen molar-refractivity contribution in [3.63, 3.8) is 0 Å². The van der Waals surface area contributed by atoms with Gasteiger partial charge >= 0.3 is 17.7 Å². The van der Waals surface area contributed by atoms with Gasteiger partial charge in [0.25, 0.3) is 0 Å². The molecule has 654 valence electrons. The van der Waals surface area contributed by atoms with Gasteiger partial charge in [-0.15, -0.1) is 45.3 Å². The monoisotopic (exact) mass is 1920 g/mol. The topological polar surface area (TPSA) is 100 Å². The third-order valence-corrected chi connectivity index (χ3v) is 36.9. The maximum Gasteiger partial charge on any atom is 0.553 e. The number of rotatable bonds is 12. The molecule has 36 rings (SSSR count). The van der Waals surface area contributed by atoms with E-state index in [1.807, 2.05) is 93.9 Å². The lowest BCUT2D eigenvalue weighted by molar-refractivity contribution is -0.834. The fourth-order valence-electron chi connectivity index (χ4n) is 26.1. The van der Waals surface area contributed by atoms with Gasteiger partial charge in [0, 0.05) is 160 Å². The van der Waals surface area contributed by atoms with Crippen molar-refractivity contribution >= 4 is 224 Å². The summed E-state index contributed by atoms with van der Waals surface area (Å²) in [5.41, 5.74) is 46.7. The molecule has 1 aliphatic carbocycles. The first-order chi connectivity index (χ1) is 68.6. The molecule has 0 saturated carbocycles. The van der Waals surface area contributed by atoms with Crippen LogP contribution in [-0.4, -0.2) is 89.1 Å². The van der Waals surface area contributed by atoms with Crippen LogP contribution in [0.1, 0.15) is 106 Å². The van der Waals surface area contributed by atoms with E-state index in [2.05, 4.69) is 343 Å². The Morgan fingerprint density at radius 3 is 1.51 bits per heavy atom. The molecule has 17 aromatic rings. The number of aromatic nitrogens is 6.